The average Bonchev–Trinajstić information content (AvgIpc) is 3.05. The molecule has 2 N–H and O–H groups in total. The molecule has 3 rings (SSSR count). The van der Waals surface area contributed by atoms with Crippen LogP contribution in [0.3, 0.4) is 0 Å². The number of aromatic nitrogens is 2. The molecule has 4 nitrogen and oxygen atoms in total. The normalized spacial score (nSPS) is 13.6. The number of hydrogen-bond donors (Lipinski definition) is 2. The zero-order valence-electron chi connectivity index (χ0n) is 14.6. The van der Waals surface area contributed by atoms with Gasteiger partial charge in [-0.05, 0) is 56.2 Å². The van der Waals surface area contributed by atoms with Gasteiger partial charge in [0.1, 0.15) is 0 Å². The summed E-state index contributed by atoms with van der Waals surface area (Å²) in [6, 6.07) is 14.3. The fraction of sp³-hybridized carbons (Fsp3) is 0.250. The number of aliphatic hydroxyl groups excluding tert-OH is 2. The maximum absolute atomic E-state index is 10.5. The maximum Gasteiger partial charge on any atom is 0.0979 e. The highest BCUT2D eigenvalue weighted by atomic mass is 35.5. The van der Waals surface area contributed by atoms with Crippen molar-refractivity contribution in [1.82, 2.24) is 9.78 Å². The van der Waals surface area contributed by atoms with E-state index < -0.39 is 12.2 Å². The van der Waals surface area contributed by atoms with Crippen LogP contribution in [0.1, 0.15) is 31.6 Å². The van der Waals surface area contributed by atoms with Crippen molar-refractivity contribution < 1.29 is 10.2 Å². The summed E-state index contributed by atoms with van der Waals surface area (Å²) in [5, 5.41) is 26.2. The first-order valence-electron chi connectivity index (χ1n) is 8.52. The first-order chi connectivity index (χ1) is 12.8. The minimum atomic E-state index is -0.794. The Hall–Kier alpha value is -1.56. The third-order valence-corrected chi connectivity index (χ3v) is 5.00. The molecule has 0 radical (unpaired) electrons. The van der Waals surface area contributed by atoms with Crippen LogP contribution < -0.4 is 0 Å². The number of nitrogens with zero attached hydrogens (tertiary/aromatic N) is 2. The fourth-order valence-electron chi connectivity index (χ4n) is 2.77. The Bertz CT molecular complexity index is 923. The van der Waals surface area contributed by atoms with E-state index in [9.17, 15) is 10.2 Å². The van der Waals surface area contributed by atoms with Crippen LogP contribution in [0.25, 0.3) is 16.9 Å². The van der Waals surface area contributed by atoms with Crippen LogP contribution in [0.15, 0.2) is 48.5 Å². The molecular weight excluding hydrogens is 407 g/mol. The summed E-state index contributed by atoms with van der Waals surface area (Å²) in [6.07, 6.45) is -0.393. The smallest absolute Gasteiger partial charge is 0.0979 e. The van der Waals surface area contributed by atoms with Crippen LogP contribution in [0.5, 0.6) is 0 Å². The Kier molecular flexibility index (Phi) is 6.45. The molecule has 0 spiro atoms. The lowest BCUT2D eigenvalue weighted by Gasteiger charge is -2.10. The van der Waals surface area contributed by atoms with Crippen LogP contribution in [-0.4, -0.2) is 26.1 Å². The van der Waals surface area contributed by atoms with Gasteiger partial charge in [0.25, 0.3) is 0 Å². The Morgan fingerprint density at radius 2 is 1.59 bits per heavy atom. The van der Waals surface area contributed by atoms with Crippen molar-refractivity contribution in [3.63, 3.8) is 0 Å². The van der Waals surface area contributed by atoms with E-state index >= 15 is 0 Å². The van der Waals surface area contributed by atoms with Crippen molar-refractivity contribution in [3.05, 3.63) is 69.3 Å². The maximum atomic E-state index is 10.5. The molecule has 0 aliphatic carbocycles. The van der Waals surface area contributed by atoms with Gasteiger partial charge in [0, 0.05) is 15.6 Å². The Morgan fingerprint density at radius 3 is 2.22 bits per heavy atom. The summed E-state index contributed by atoms with van der Waals surface area (Å²) in [6.45, 7) is 1.69. The van der Waals surface area contributed by atoms with E-state index in [2.05, 4.69) is 5.10 Å². The summed E-state index contributed by atoms with van der Waals surface area (Å²) in [7, 11) is 0. The van der Waals surface area contributed by atoms with Gasteiger partial charge >= 0.3 is 0 Å². The van der Waals surface area contributed by atoms with Crippen molar-refractivity contribution >= 4 is 34.8 Å². The van der Waals surface area contributed by atoms with E-state index in [1.807, 2.05) is 18.2 Å². The second-order valence-corrected chi connectivity index (χ2v) is 7.69. The molecule has 0 fully saturated rings. The first kappa shape index (κ1) is 20.2. The predicted octanol–water partition coefficient (Wildman–Crippen LogP) is 5.69. The SMILES string of the molecule is CC(O)CCC(O)c1cc(-c2ccc(Cl)cc2)n(-c2ccc(Cl)cc2Cl)n1. The van der Waals surface area contributed by atoms with E-state index in [0.29, 0.717) is 39.3 Å². The molecule has 2 aromatic carbocycles. The van der Waals surface area contributed by atoms with Gasteiger partial charge in [-0.1, -0.05) is 46.9 Å². The molecular formula is C20H19Cl3N2O2. The van der Waals surface area contributed by atoms with Gasteiger partial charge < -0.3 is 10.2 Å². The molecule has 0 saturated carbocycles. The quantitative estimate of drug-likeness (QED) is 0.533. The number of aliphatic hydroxyl groups is 2. The van der Waals surface area contributed by atoms with Crippen LogP contribution >= 0.6 is 34.8 Å². The molecule has 0 bridgehead atoms. The lowest BCUT2D eigenvalue weighted by Crippen LogP contribution is -2.06. The van der Waals surface area contributed by atoms with Gasteiger partial charge in [0.05, 0.1) is 34.3 Å². The van der Waals surface area contributed by atoms with Crippen molar-refractivity contribution in [2.75, 3.05) is 0 Å². The van der Waals surface area contributed by atoms with E-state index in [0.717, 1.165) is 11.3 Å². The molecule has 1 aromatic heterocycles. The standard InChI is InChI=1S/C20H19Cl3N2O2/c1-12(26)2-9-20(27)17-11-19(13-3-5-14(21)6-4-13)25(24-17)18-8-7-15(22)10-16(18)23/h3-8,10-12,20,26-27H,2,9H2,1H3. The summed E-state index contributed by atoms with van der Waals surface area (Å²) >= 11 is 18.4. The van der Waals surface area contributed by atoms with Gasteiger partial charge in [-0.25, -0.2) is 4.68 Å². The largest absolute Gasteiger partial charge is 0.393 e. The first-order valence-corrected chi connectivity index (χ1v) is 9.66. The second-order valence-electron chi connectivity index (χ2n) is 6.41. The average molecular weight is 426 g/mol. The minimum Gasteiger partial charge on any atom is -0.393 e. The highest BCUT2D eigenvalue weighted by Gasteiger charge is 2.19. The third-order valence-electron chi connectivity index (χ3n) is 4.21. The number of hydrogen-bond acceptors (Lipinski definition) is 3. The lowest BCUT2D eigenvalue weighted by molar-refractivity contribution is 0.120. The van der Waals surface area contributed by atoms with Crippen LogP contribution in [0, 0.1) is 0 Å². The van der Waals surface area contributed by atoms with Crippen LogP contribution in [0.2, 0.25) is 15.1 Å². The van der Waals surface area contributed by atoms with Crippen molar-refractivity contribution in [2.24, 2.45) is 0 Å². The van der Waals surface area contributed by atoms with E-state index in [1.54, 1.807) is 41.9 Å². The van der Waals surface area contributed by atoms with Gasteiger partial charge in [0.2, 0.25) is 0 Å². The predicted molar refractivity (Wildman–Crippen MR) is 110 cm³/mol. The zero-order chi connectivity index (χ0) is 19.6. The molecule has 2 unspecified atom stereocenters. The minimum absolute atomic E-state index is 0.406. The Morgan fingerprint density at radius 1 is 0.926 bits per heavy atom. The van der Waals surface area contributed by atoms with Crippen LogP contribution in [-0.2, 0) is 0 Å². The third kappa shape index (κ3) is 4.84. The molecule has 0 aliphatic rings. The molecule has 3 aromatic rings. The second kappa shape index (κ2) is 8.63. The van der Waals surface area contributed by atoms with Gasteiger partial charge in [0.15, 0.2) is 0 Å². The fourth-order valence-corrected chi connectivity index (χ4v) is 3.39. The summed E-state index contributed by atoms with van der Waals surface area (Å²) in [5.74, 6) is 0. The van der Waals surface area contributed by atoms with Gasteiger partial charge in [-0.3, -0.25) is 0 Å². The summed E-state index contributed by atoms with van der Waals surface area (Å²) in [5.41, 5.74) is 2.81. The van der Waals surface area contributed by atoms with Crippen molar-refractivity contribution in [3.8, 4) is 16.9 Å². The van der Waals surface area contributed by atoms with Crippen LogP contribution in [0.4, 0.5) is 0 Å². The molecule has 142 valence electrons. The summed E-state index contributed by atoms with van der Waals surface area (Å²) < 4.78 is 1.68. The van der Waals surface area contributed by atoms with Crippen molar-refractivity contribution in [2.45, 2.75) is 32.0 Å². The summed E-state index contributed by atoms with van der Waals surface area (Å²) in [4.78, 5) is 0. The molecule has 7 heteroatoms. The van der Waals surface area contributed by atoms with E-state index in [4.69, 9.17) is 34.8 Å². The Labute approximate surface area is 172 Å². The lowest BCUT2D eigenvalue weighted by atomic mass is 10.1. The highest BCUT2D eigenvalue weighted by molar-refractivity contribution is 6.35. The molecule has 0 amide bonds. The molecule has 2 atom stereocenters. The van der Waals surface area contributed by atoms with Gasteiger partial charge in [-0.15, -0.1) is 0 Å². The number of halogens is 3. The molecule has 1 heterocycles. The number of benzene rings is 2. The molecule has 0 saturated heterocycles. The highest BCUT2D eigenvalue weighted by Crippen LogP contribution is 2.32. The Balaban J connectivity index is 2.07. The molecule has 27 heavy (non-hydrogen) atoms. The van der Waals surface area contributed by atoms with E-state index in [1.165, 1.54) is 0 Å². The number of rotatable bonds is 6. The van der Waals surface area contributed by atoms with Crippen molar-refractivity contribution in [1.29, 1.82) is 0 Å². The monoisotopic (exact) mass is 424 g/mol. The van der Waals surface area contributed by atoms with E-state index in [-0.39, 0.29) is 0 Å². The topological polar surface area (TPSA) is 58.3 Å². The zero-order valence-corrected chi connectivity index (χ0v) is 16.9. The van der Waals surface area contributed by atoms with Gasteiger partial charge in [-0.2, -0.15) is 5.10 Å². The molecule has 0 aliphatic heterocycles.